The number of nitrogens with two attached hydrogens (primary N) is 1. The Labute approximate surface area is 126 Å². The average Bonchev–Trinajstić information content (AvgIpc) is 2.97. The second-order valence-corrected chi connectivity index (χ2v) is 5.99. The lowest BCUT2D eigenvalue weighted by molar-refractivity contribution is 0.174. The summed E-state index contributed by atoms with van der Waals surface area (Å²) in [7, 11) is 2.17. The van der Waals surface area contributed by atoms with Crippen LogP contribution in [0.4, 0.5) is 0 Å². The molecule has 0 atom stereocenters. The molecule has 0 aliphatic heterocycles. The number of hydrogen-bond donors (Lipinski definition) is 1. The molecule has 1 aliphatic rings. The Morgan fingerprint density at radius 1 is 1.19 bits per heavy atom. The maximum atomic E-state index is 5.97. The van der Waals surface area contributed by atoms with Crippen LogP contribution in [0.2, 0.25) is 0 Å². The van der Waals surface area contributed by atoms with E-state index in [1.54, 1.807) is 6.26 Å². The predicted octanol–water partition coefficient (Wildman–Crippen LogP) is 3.04. The van der Waals surface area contributed by atoms with Crippen molar-refractivity contribution in [2.45, 2.75) is 44.3 Å². The third-order valence-electron chi connectivity index (χ3n) is 4.35. The van der Waals surface area contributed by atoms with Crippen LogP contribution < -0.4 is 5.73 Å². The molecule has 0 unspecified atom stereocenters. The molecule has 4 heteroatoms. The lowest BCUT2D eigenvalue weighted by Crippen LogP contribution is -2.38. The highest BCUT2D eigenvalue weighted by atomic mass is 16.3. The van der Waals surface area contributed by atoms with Crippen molar-refractivity contribution in [3.63, 3.8) is 0 Å². The maximum absolute atomic E-state index is 5.97. The molecular formula is C17H23N3O. The van der Waals surface area contributed by atoms with Crippen LogP contribution in [-0.4, -0.2) is 29.0 Å². The summed E-state index contributed by atoms with van der Waals surface area (Å²) < 4.78 is 5.60. The van der Waals surface area contributed by atoms with Crippen molar-refractivity contribution >= 4 is 0 Å². The first-order valence-electron chi connectivity index (χ1n) is 7.68. The number of nitrogens with zero attached hydrogens (tertiary/aromatic N) is 2. The molecule has 3 rings (SSSR count). The molecule has 112 valence electrons. The fourth-order valence-corrected chi connectivity index (χ4v) is 3.02. The summed E-state index contributed by atoms with van der Waals surface area (Å²) in [6.45, 7) is 0.830. The van der Waals surface area contributed by atoms with Crippen LogP contribution in [0, 0.1) is 0 Å². The van der Waals surface area contributed by atoms with Crippen LogP contribution in [0.15, 0.2) is 41.0 Å². The Bertz CT molecular complexity index is 558. The van der Waals surface area contributed by atoms with Crippen molar-refractivity contribution < 1.29 is 4.42 Å². The number of oxazole rings is 1. The summed E-state index contributed by atoms with van der Waals surface area (Å²) in [4.78, 5) is 6.97. The third kappa shape index (κ3) is 3.52. The Morgan fingerprint density at radius 2 is 1.90 bits per heavy atom. The summed E-state index contributed by atoms with van der Waals surface area (Å²) >= 11 is 0. The molecular weight excluding hydrogens is 262 g/mol. The number of benzene rings is 1. The van der Waals surface area contributed by atoms with E-state index in [4.69, 9.17) is 10.2 Å². The predicted molar refractivity (Wildman–Crippen MR) is 83.6 cm³/mol. The number of hydrogen-bond acceptors (Lipinski definition) is 4. The molecule has 0 saturated heterocycles. The van der Waals surface area contributed by atoms with E-state index < -0.39 is 0 Å². The highest BCUT2D eigenvalue weighted by Gasteiger charge is 2.22. The number of rotatable bonds is 4. The average molecular weight is 285 g/mol. The minimum absolute atomic E-state index is 0.395. The summed E-state index contributed by atoms with van der Waals surface area (Å²) in [6, 6.07) is 11.0. The molecule has 4 nitrogen and oxygen atoms in total. The van der Waals surface area contributed by atoms with Gasteiger partial charge in [0.2, 0.25) is 5.89 Å². The van der Waals surface area contributed by atoms with Crippen molar-refractivity contribution in [3.05, 3.63) is 42.3 Å². The molecule has 0 spiro atoms. The monoisotopic (exact) mass is 285 g/mol. The van der Waals surface area contributed by atoms with Gasteiger partial charge in [0, 0.05) is 24.2 Å². The molecule has 21 heavy (non-hydrogen) atoms. The first-order valence-corrected chi connectivity index (χ1v) is 7.68. The first-order chi connectivity index (χ1) is 10.2. The van der Waals surface area contributed by atoms with Gasteiger partial charge in [-0.15, -0.1) is 0 Å². The first kappa shape index (κ1) is 14.3. The van der Waals surface area contributed by atoms with Crippen molar-refractivity contribution in [2.24, 2.45) is 5.73 Å². The Hall–Kier alpha value is -1.65. The van der Waals surface area contributed by atoms with Gasteiger partial charge in [0.25, 0.3) is 0 Å². The van der Waals surface area contributed by atoms with E-state index in [1.165, 1.54) is 12.8 Å². The third-order valence-corrected chi connectivity index (χ3v) is 4.35. The van der Waals surface area contributed by atoms with Crippen LogP contribution in [-0.2, 0) is 6.54 Å². The van der Waals surface area contributed by atoms with Crippen molar-refractivity contribution in [2.75, 3.05) is 7.05 Å². The van der Waals surface area contributed by atoms with Gasteiger partial charge in [-0.05, 0) is 44.9 Å². The summed E-state index contributed by atoms with van der Waals surface area (Å²) in [5.41, 5.74) is 7.99. The van der Waals surface area contributed by atoms with E-state index in [0.29, 0.717) is 18.0 Å². The van der Waals surface area contributed by atoms with E-state index in [1.807, 2.05) is 30.3 Å². The zero-order valence-electron chi connectivity index (χ0n) is 12.5. The molecule has 1 saturated carbocycles. The molecule has 1 aliphatic carbocycles. The lowest BCUT2D eigenvalue weighted by atomic mass is 9.91. The number of aromatic nitrogens is 1. The van der Waals surface area contributed by atoms with Gasteiger partial charge in [-0.1, -0.05) is 18.2 Å². The van der Waals surface area contributed by atoms with E-state index in [0.717, 1.165) is 30.6 Å². The van der Waals surface area contributed by atoms with Gasteiger partial charge in [0.1, 0.15) is 6.26 Å². The SMILES string of the molecule is CN(Cc1coc(-c2ccccc2)n1)C1CCC(N)CC1. The van der Waals surface area contributed by atoms with Crippen LogP contribution in [0.5, 0.6) is 0 Å². The zero-order chi connectivity index (χ0) is 14.7. The van der Waals surface area contributed by atoms with Gasteiger partial charge >= 0.3 is 0 Å². The molecule has 2 N–H and O–H groups in total. The van der Waals surface area contributed by atoms with Crippen LogP contribution >= 0.6 is 0 Å². The molecule has 1 fully saturated rings. The van der Waals surface area contributed by atoms with E-state index in [-0.39, 0.29) is 0 Å². The Morgan fingerprint density at radius 3 is 2.62 bits per heavy atom. The quantitative estimate of drug-likeness (QED) is 0.938. The van der Waals surface area contributed by atoms with Gasteiger partial charge in [-0.25, -0.2) is 4.98 Å². The largest absolute Gasteiger partial charge is 0.444 e. The fraction of sp³-hybridized carbons (Fsp3) is 0.471. The van der Waals surface area contributed by atoms with Crippen molar-refractivity contribution in [1.29, 1.82) is 0 Å². The van der Waals surface area contributed by atoms with Crippen LogP contribution in [0.1, 0.15) is 31.4 Å². The zero-order valence-corrected chi connectivity index (χ0v) is 12.5. The molecule has 1 aromatic heterocycles. The Balaban J connectivity index is 1.62. The van der Waals surface area contributed by atoms with Gasteiger partial charge < -0.3 is 10.2 Å². The molecule has 1 heterocycles. The van der Waals surface area contributed by atoms with Crippen LogP contribution in [0.25, 0.3) is 11.5 Å². The highest BCUT2D eigenvalue weighted by Crippen LogP contribution is 2.23. The summed E-state index contributed by atoms with van der Waals surface area (Å²) in [5.74, 6) is 0.699. The minimum atomic E-state index is 0.395. The van der Waals surface area contributed by atoms with Crippen molar-refractivity contribution in [1.82, 2.24) is 9.88 Å². The highest BCUT2D eigenvalue weighted by molar-refractivity contribution is 5.52. The second-order valence-electron chi connectivity index (χ2n) is 5.99. The molecule has 0 bridgehead atoms. The topological polar surface area (TPSA) is 55.3 Å². The fourth-order valence-electron chi connectivity index (χ4n) is 3.02. The van der Waals surface area contributed by atoms with Gasteiger partial charge in [-0.2, -0.15) is 0 Å². The molecule has 2 aromatic rings. The maximum Gasteiger partial charge on any atom is 0.226 e. The minimum Gasteiger partial charge on any atom is -0.444 e. The molecule has 0 radical (unpaired) electrons. The van der Waals surface area contributed by atoms with E-state index >= 15 is 0 Å². The van der Waals surface area contributed by atoms with Crippen molar-refractivity contribution in [3.8, 4) is 11.5 Å². The second kappa shape index (κ2) is 6.41. The lowest BCUT2D eigenvalue weighted by Gasteiger charge is -2.32. The van der Waals surface area contributed by atoms with Crippen LogP contribution in [0.3, 0.4) is 0 Å². The summed E-state index contributed by atoms with van der Waals surface area (Å²) in [6.07, 6.45) is 6.39. The van der Waals surface area contributed by atoms with Gasteiger partial charge in [0.15, 0.2) is 0 Å². The van der Waals surface area contributed by atoms with Gasteiger partial charge in [-0.3, -0.25) is 4.90 Å². The molecule has 0 amide bonds. The summed E-state index contributed by atoms with van der Waals surface area (Å²) in [5, 5.41) is 0. The smallest absolute Gasteiger partial charge is 0.226 e. The Kier molecular flexibility index (Phi) is 4.36. The van der Waals surface area contributed by atoms with Gasteiger partial charge in [0.05, 0.1) is 5.69 Å². The normalized spacial score (nSPS) is 22.6. The van der Waals surface area contributed by atoms with E-state index in [2.05, 4.69) is 16.9 Å². The molecule has 1 aromatic carbocycles. The standard InChI is InChI=1S/C17H23N3O/c1-20(16-9-7-14(18)8-10-16)11-15-12-21-17(19-15)13-5-3-2-4-6-13/h2-6,12,14,16H,7-11,18H2,1H3. The van der Waals surface area contributed by atoms with E-state index in [9.17, 15) is 0 Å².